The van der Waals surface area contributed by atoms with Gasteiger partial charge in [0.05, 0.1) is 18.8 Å². The summed E-state index contributed by atoms with van der Waals surface area (Å²) in [5.41, 5.74) is 5.11. The Bertz CT molecular complexity index is 552. The lowest BCUT2D eigenvalue weighted by molar-refractivity contribution is 0.0635. The average Bonchev–Trinajstić information content (AvgIpc) is 2.80. The van der Waals surface area contributed by atoms with Gasteiger partial charge in [0, 0.05) is 13.7 Å². The Balaban J connectivity index is 1.87. The van der Waals surface area contributed by atoms with E-state index in [1.54, 1.807) is 7.11 Å². The third-order valence-electron chi connectivity index (χ3n) is 3.75. The molecule has 2 aromatic rings. The fourth-order valence-corrected chi connectivity index (χ4v) is 2.88. The van der Waals surface area contributed by atoms with E-state index in [1.165, 1.54) is 22.3 Å². The van der Waals surface area contributed by atoms with Crippen molar-refractivity contribution in [2.45, 2.75) is 12.1 Å². The molecule has 1 aliphatic carbocycles. The molecule has 2 aromatic carbocycles. The molecule has 3 heteroatoms. The molecule has 3 nitrogen and oxygen atoms in total. The summed E-state index contributed by atoms with van der Waals surface area (Å²) in [5, 5.41) is 13.3. The molecule has 1 aliphatic rings. The summed E-state index contributed by atoms with van der Waals surface area (Å²) in [5.74, 6) is 0. The molecule has 0 saturated heterocycles. The van der Waals surface area contributed by atoms with Gasteiger partial charge in [0.2, 0.25) is 0 Å². The largest absolute Gasteiger partial charge is 0.389 e. The summed E-state index contributed by atoms with van der Waals surface area (Å²) < 4.78 is 4.97. The molecule has 0 fully saturated rings. The van der Waals surface area contributed by atoms with Gasteiger partial charge in [0.25, 0.3) is 0 Å². The number of hydrogen-bond acceptors (Lipinski definition) is 3. The van der Waals surface area contributed by atoms with E-state index in [0.717, 1.165) is 0 Å². The number of aliphatic hydroxyl groups excluding tert-OH is 1. The van der Waals surface area contributed by atoms with Crippen molar-refractivity contribution in [3.63, 3.8) is 0 Å². The highest BCUT2D eigenvalue weighted by atomic mass is 16.5. The van der Waals surface area contributed by atoms with Gasteiger partial charge in [-0.2, -0.15) is 0 Å². The summed E-state index contributed by atoms with van der Waals surface area (Å²) in [6.07, 6.45) is -0.486. The summed E-state index contributed by atoms with van der Waals surface area (Å²) in [6.45, 7) is 0.865. The van der Waals surface area contributed by atoms with Crippen molar-refractivity contribution in [1.29, 1.82) is 0 Å². The molecule has 0 radical (unpaired) electrons. The van der Waals surface area contributed by atoms with Crippen LogP contribution >= 0.6 is 0 Å². The Kier molecular flexibility index (Phi) is 3.83. The molecular formula is C17H19NO2. The molecule has 0 heterocycles. The number of rotatable bonds is 5. The molecule has 2 N–H and O–H groups in total. The van der Waals surface area contributed by atoms with Gasteiger partial charge in [-0.15, -0.1) is 0 Å². The van der Waals surface area contributed by atoms with E-state index in [2.05, 4.69) is 53.8 Å². The number of ether oxygens (including phenoxy) is 1. The van der Waals surface area contributed by atoms with E-state index in [4.69, 9.17) is 4.74 Å². The van der Waals surface area contributed by atoms with Gasteiger partial charge in [0.1, 0.15) is 0 Å². The van der Waals surface area contributed by atoms with E-state index in [9.17, 15) is 5.11 Å². The molecule has 0 aromatic heterocycles. The van der Waals surface area contributed by atoms with Crippen LogP contribution in [0.5, 0.6) is 0 Å². The van der Waals surface area contributed by atoms with Crippen molar-refractivity contribution in [2.75, 3.05) is 20.3 Å². The molecule has 1 atom stereocenters. The standard InChI is InChI=1S/C17H19NO2/c1-20-11-12(19)10-18-17-15-8-4-2-6-13(15)14-7-3-5-9-16(14)17/h2-9,12,17-19H,10-11H2,1H3. The summed E-state index contributed by atoms with van der Waals surface area (Å²) >= 11 is 0. The molecule has 0 aliphatic heterocycles. The van der Waals surface area contributed by atoms with E-state index >= 15 is 0 Å². The van der Waals surface area contributed by atoms with Crippen LogP contribution in [-0.2, 0) is 4.74 Å². The second-order valence-corrected chi connectivity index (χ2v) is 5.12. The van der Waals surface area contributed by atoms with Crippen LogP contribution in [0.4, 0.5) is 0 Å². The first-order chi connectivity index (χ1) is 9.81. The number of aliphatic hydroxyl groups is 1. The van der Waals surface area contributed by atoms with Crippen LogP contribution in [0.1, 0.15) is 17.2 Å². The molecule has 3 rings (SSSR count). The molecule has 0 bridgehead atoms. The number of hydrogen-bond donors (Lipinski definition) is 2. The minimum Gasteiger partial charge on any atom is -0.389 e. The number of methoxy groups -OCH3 is 1. The molecule has 104 valence electrons. The third kappa shape index (κ3) is 2.36. The third-order valence-corrected chi connectivity index (χ3v) is 3.75. The highest BCUT2D eigenvalue weighted by molar-refractivity contribution is 5.78. The Morgan fingerprint density at radius 3 is 2.15 bits per heavy atom. The lowest BCUT2D eigenvalue weighted by Gasteiger charge is -2.18. The zero-order chi connectivity index (χ0) is 13.9. The summed E-state index contributed by atoms with van der Waals surface area (Å²) in [4.78, 5) is 0. The van der Waals surface area contributed by atoms with Crippen molar-refractivity contribution in [2.24, 2.45) is 0 Å². The predicted molar refractivity (Wildman–Crippen MR) is 79.6 cm³/mol. The Morgan fingerprint density at radius 2 is 1.60 bits per heavy atom. The zero-order valence-electron chi connectivity index (χ0n) is 11.5. The van der Waals surface area contributed by atoms with Gasteiger partial charge in [-0.05, 0) is 22.3 Å². The second-order valence-electron chi connectivity index (χ2n) is 5.12. The summed E-state index contributed by atoms with van der Waals surface area (Å²) in [6, 6.07) is 17.0. The van der Waals surface area contributed by atoms with Crippen molar-refractivity contribution in [3.05, 3.63) is 59.7 Å². The number of benzene rings is 2. The maximum atomic E-state index is 9.82. The lowest BCUT2D eigenvalue weighted by Crippen LogP contribution is -2.32. The maximum Gasteiger partial charge on any atom is 0.0897 e. The fraction of sp³-hybridized carbons (Fsp3) is 0.294. The topological polar surface area (TPSA) is 41.5 Å². The Labute approximate surface area is 119 Å². The van der Waals surface area contributed by atoms with Crippen LogP contribution < -0.4 is 5.32 Å². The Hall–Kier alpha value is -1.68. The van der Waals surface area contributed by atoms with E-state index < -0.39 is 6.10 Å². The monoisotopic (exact) mass is 269 g/mol. The number of nitrogens with one attached hydrogen (secondary N) is 1. The van der Waals surface area contributed by atoms with Gasteiger partial charge in [0.15, 0.2) is 0 Å². The maximum absolute atomic E-state index is 9.82. The molecule has 0 spiro atoms. The molecule has 0 saturated carbocycles. The quantitative estimate of drug-likeness (QED) is 0.875. The van der Waals surface area contributed by atoms with E-state index in [1.807, 2.05) is 0 Å². The normalized spacial score (nSPS) is 14.9. The van der Waals surface area contributed by atoms with Crippen LogP contribution in [0.25, 0.3) is 11.1 Å². The average molecular weight is 269 g/mol. The first kappa shape index (κ1) is 13.3. The van der Waals surface area contributed by atoms with Gasteiger partial charge < -0.3 is 15.2 Å². The minimum absolute atomic E-state index is 0.147. The van der Waals surface area contributed by atoms with Crippen molar-refractivity contribution >= 4 is 0 Å². The highest BCUT2D eigenvalue weighted by Crippen LogP contribution is 2.42. The highest BCUT2D eigenvalue weighted by Gasteiger charge is 2.27. The molecule has 20 heavy (non-hydrogen) atoms. The smallest absolute Gasteiger partial charge is 0.0897 e. The second kappa shape index (κ2) is 5.75. The Morgan fingerprint density at radius 1 is 1.05 bits per heavy atom. The molecular weight excluding hydrogens is 250 g/mol. The van der Waals surface area contributed by atoms with E-state index in [0.29, 0.717) is 13.2 Å². The van der Waals surface area contributed by atoms with Gasteiger partial charge >= 0.3 is 0 Å². The van der Waals surface area contributed by atoms with Gasteiger partial charge in [-0.1, -0.05) is 48.5 Å². The lowest BCUT2D eigenvalue weighted by atomic mass is 10.1. The molecule has 1 unspecified atom stereocenters. The summed E-state index contributed by atoms with van der Waals surface area (Å²) in [7, 11) is 1.60. The van der Waals surface area contributed by atoms with Crippen molar-refractivity contribution in [1.82, 2.24) is 5.32 Å². The van der Waals surface area contributed by atoms with Gasteiger partial charge in [-0.25, -0.2) is 0 Å². The number of fused-ring (bicyclic) bond motifs is 3. The fourth-order valence-electron chi connectivity index (χ4n) is 2.88. The van der Waals surface area contributed by atoms with Crippen molar-refractivity contribution in [3.8, 4) is 11.1 Å². The first-order valence-corrected chi connectivity index (χ1v) is 6.90. The minimum atomic E-state index is -0.486. The molecule has 0 amide bonds. The van der Waals surface area contributed by atoms with Crippen LogP contribution in [-0.4, -0.2) is 31.5 Å². The van der Waals surface area contributed by atoms with Crippen molar-refractivity contribution < 1.29 is 9.84 Å². The van der Waals surface area contributed by atoms with Crippen LogP contribution in [0.15, 0.2) is 48.5 Å². The van der Waals surface area contributed by atoms with Crippen LogP contribution in [0, 0.1) is 0 Å². The van der Waals surface area contributed by atoms with E-state index in [-0.39, 0.29) is 6.04 Å². The van der Waals surface area contributed by atoms with Crippen LogP contribution in [0.2, 0.25) is 0 Å². The first-order valence-electron chi connectivity index (χ1n) is 6.90. The van der Waals surface area contributed by atoms with Crippen LogP contribution in [0.3, 0.4) is 0 Å². The zero-order valence-corrected chi connectivity index (χ0v) is 11.5. The van der Waals surface area contributed by atoms with Gasteiger partial charge in [-0.3, -0.25) is 0 Å². The predicted octanol–water partition coefficient (Wildman–Crippen LogP) is 2.35. The SMILES string of the molecule is COCC(O)CNC1c2ccccc2-c2ccccc21.